The van der Waals surface area contributed by atoms with E-state index in [0.29, 0.717) is 47.2 Å². The van der Waals surface area contributed by atoms with Crippen molar-refractivity contribution in [3.63, 3.8) is 0 Å². The molecule has 1 aliphatic rings. The molecule has 30 heavy (non-hydrogen) atoms. The maximum atomic E-state index is 12.9. The van der Waals surface area contributed by atoms with Gasteiger partial charge in [0.2, 0.25) is 15.9 Å². The van der Waals surface area contributed by atoms with Crippen molar-refractivity contribution in [3.8, 4) is 11.5 Å². The van der Waals surface area contributed by atoms with Crippen LogP contribution >= 0.6 is 11.6 Å². The summed E-state index contributed by atoms with van der Waals surface area (Å²) in [6, 6.07) is 12.0. The van der Waals surface area contributed by atoms with Gasteiger partial charge < -0.3 is 14.8 Å². The monoisotopic (exact) mass is 452 g/mol. The summed E-state index contributed by atoms with van der Waals surface area (Å²) in [5.74, 6) is 0.182. The van der Waals surface area contributed by atoms with E-state index in [-0.39, 0.29) is 18.2 Å². The maximum absolute atomic E-state index is 12.9. The maximum Gasteiger partial charge on any atom is 0.228 e. The molecule has 0 aromatic heterocycles. The largest absolute Gasteiger partial charge is 0.497 e. The van der Waals surface area contributed by atoms with Gasteiger partial charge in [-0.15, -0.1) is 0 Å². The van der Waals surface area contributed by atoms with Gasteiger partial charge in [0, 0.05) is 24.2 Å². The highest BCUT2D eigenvalue weighted by Gasteiger charge is 2.33. The van der Waals surface area contributed by atoms with Crippen molar-refractivity contribution in [1.82, 2.24) is 4.31 Å². The zero-order chi connectivity index (χ0) is 21.7. The molecule has 3 rings (SSSR count). The number of hydrogen-bond donors (Lipinski definition) is 1. The van der Waals surface area contributed by atoms with Crippen molar-refractivity contribution in [2.24, 2.45) is 5.92 Å². The highest BCUT2D eigenvalue weighted by Crippen LogP contribution is 2.30. The van der Waals surface area contributed by atoms with Gasteiger partial charge in [-0.05, 0) is 36.6 Å². The third-order valence-electron chi connectivity index (χ3n) is 5.11. The van der Waals surface area contributed by atoms with Crippen molar-refractivity contribution in [3.05, 3.63) is 53.1 Å². The average molecular weight is 453 g/mol. The summed E-state index contributed by atoms with van der Waals surface area (Å²) >= 11 is 6.12. The lowest BCUT2D eigenvalue weighted by atomic mass is 9.98. The molecule has 0 spiro atoms. The van der Waals surface area contributed by atoms with Crippen LogP contribution in [0.3, 0.4) is 0 Å². The van der Waals surface area contributed by atoms with Crippen LogP contribution in [0.1, 0.15) is 18.4 Å². The van der Waals surface area contributed by atoms with Gasteiger partial charge in [-0.2, -0.15) is 0 Å². The summed E-state index contributed by atoms with van der Waals surface area (Å²) in [6.07, 6.45) is 1.21. The van der Waals surface area contributed by atoms with Gasteiger partial charge in [0.05, 0.1) is 31.6 Å². The lowest BCUT2D eigenvalue weighted by molar-refractivity contribution is -0.120. The van der Waals surface area contributed by atoms with Crippen molar-refractivity contribution in [1.29, 1.82) is 0 Å². The standard InChI is InChI=1S/C21H25ClN2O5S/c1-28-17-9-10-20(29-2)19(12-17)23-21(25)15-7-5-11-24(13-15)30(26,27)14-16-6-3-4-8-18(16)22/h3-4,6,8-10,12,15H,5,7,11,13-14H2,1-2H3,(H,23,25)/t15-/m0/s1. The summed E-state index contributed by atoms with van der Waals surface area (Å²) in [7, 11) is -0.545. The van der Waals surface area contributed by atoms with Crippen molar-refractivity contribution in [2.45, 2.75) is 18.6 Å². The van der Waals surface area contributed by atoms with E-state index in [9.17, 15) is 13.2 Å². The number of nitrogens with zero attached hydrogens (tertiary/aromatic N) is 1. The topological polar surface area (TPSA) is 84.9 Å². The quantitative estimate of drug-likeness (QED) is 0.694. The Balaban J connectivity index is 1.71. The summed E-state index contributed by atoms with van der Waals surface area (Å²) in [6.45, 7) is 0.518. The molecule has 0 radical (unpaired) electrons. The summed E-state index contributed by atoms with van der Waals surface area (Å²) in [5.41, 5.74) is 1.03. The molecule has 162 valence electrons. The second kappa shape index (κ2) is 9.68. The number of methoxy groups -OCH3 is 2. The lowest BCUT2D eigenvalue weighted by Gasteiger charge is -2.31. The van der Waals surface area contributed by atoms with Crippen LogP contribution in [0.25, 0.3) is 0 Å². The van der Waals surface area contributed by atoms with Crippen LogP contribution in [0.15, 0.2) is 42.5 Å². The molecule has 0 saturated carbocycles. The molecule has 0 unspecified atom stereocenters. The molecule has 2 aromatic rings. The Labute approximate surface area is 182 Å². The number of halogens is 1. The van der Waals surface area contributed by atoms with Crippen LogP contribution in [0.4, 0.5) is 5.69 Å². The van der Waals surface area contributed by atoms with Crippen LogP contribution in [0.2, 0.25) is 5.02 Å². The number of nitrogens with one attached hydrogen (secondary N) is 1. The Hall–Kier alpha value is -2.29. The first-order valence-corrected chi connectivity index (χ1v) is 11.6. The van der Waals surface area contributed by atoms with E-state index in [0.717, 1.165) is 0 Å². The normalized spacial score (nSPS) is 17.4. The van der Waals surface area contributed by atoms with E-state index in [4.69, 9.17) is 21.1 Å². The third kappa shape index (κ3) is 5.24. The van der Waals surface area contributed by atoms with Crippen LogP contribution in [0.5, 0.6) is 11.5 Å². The van der Waals surface area contributed by atoms with Crippen molar-refractivity contribution in [2.75, 3.05) is 32.6 Å². The number of benzene rings is 2. The minimum Gasteiger partial charge on any atom is -0.497 e. The molecule has 0 aliphatic carbocycles. The average Bonchev–Trinajstić information content (AvgIpc) is 2.75. The van der Waals surface area contributed by atoms with E-state index in [1.807, 2.05) is 0 Å². The van der Waals surface area contributed by atoms with Crippen LogP contribution in [-0.4, -0.2) is 45.9 Å². The molecule has 1 amide bonds. The number of hydrogen-bond acceptors (Lipinski definition) is 5. The number of carbonyl (C=O) groups is 1. The second-order valence-electron chi connectivity index (χ2n) is 7.10. The molecule has 9 heteroatoms. The van der Waals surface area contributed by atoms with Crippen molar-refractivity contribution < 1.29 is 22.7 Å². The first-order chi connectivity index (χ1) is 14.3. The predicted octanol–water partition coefficient (Wildman–Crippen LogP) is 3.54. The van der Waals surface area contributed by atoms with Crippen LogP contribution in [-0.2, 0) is 20.6 Å². The SMILES string of the molecule is COc1ccc(OC)c(NC(=O)[C@H]2CCCN(S(=O)(=O)Cc3ccccc3Cl)C2)c1. The summed E-state index contributed by atoms with van der Waals surface area (Å²) in [5, 5.41) is 3.26. The number of ether oxygens (including phenoxy) is 2. The number of anilines is 1. The molecule has 7 nitrogen and oxygen atoms in total. The Bertz CT molecular complexity index is 1010. The molecule has 1 heterocycles. The van der Waals surface area contributed by atoms with Crippen LogP contribution < -0.4 is 14.8 Å². The Morgan fingerprint density at radius 2 is 1.97 bits per heavy atom. The minimum absolute atomic E-state index is 0.130. The van der Waals surface area contributed by atoms with Crippen molar-refractivity contribution >= 4 is 33.2 Å². The predicted molar refractivity (Wildman–Crippen MR) is 117 cm³/mol. The van der Waals surface area contributed by atoms with E-state index in [1.54, 1.807) is 42.5 Å². The van der Waals surface area contributed by atoms with Gasteiger partial charge >= 0.3 is 0 Å². The zero-order valence-corrected chi connectivity index (χ0v) is 18.5. The third-order valence-corrected chi connectivity index (χ3v) is 7.27. The molecule has 1 atom stereocenters. The first kappa shape index (κ1) is 22.4. The molecular formula is C21H25ClN2O5S. The van der Waals surface area contributed by atoms with Crippen LogP contribution in [0, 0.1) is 5.92 Å². The Kier molecular flexibility index (Phi) is 7.23. The van der Waals surface area contributed by atoms with E-state index >= 15 is 0 Å². The number of amides is 1. The highest BCUT2D eigenvalue weighted by atomic mass is 35.5. The first-order valence-electron chi connectivity index (χ1n) is 9.58. The minimum atomic E-state index is -3.60. The van der Waals surface area contributed by atoms with E-state index in [1.165, 1.54) is 18.5 Å². The Morgan fingerprint density at radius 3 is 2.67 bits per heavy atom. The number of carbonyl (C=O) groups excluding carboxylic acids is 1. The van der Waals surface area contributed by atoms with E-state index in [2.05, 4.69) is 5.32 Å². The van der Waals surface area contributed by atoms with E-state index < -0.39 is 15.9 Å². The fraction of sp³-hybridized carbons (Fsp3) is 0.381. The Morgan fingerprint density at radius 1 is 1.20 bits per heavy atom. The fourth-order valence-electron chi connectivity index (χ4n) is 3.46. The summed E-state index contributed by atoms with van der Waals surface area (Å²) in [4.78, 5) is 12.9. The number of piperidine rings is 1. The molecule has 2 aromatic carbocycles. The zero-order valence-electron chi connectivity index (χ0n) is 16.9. The summed E-state index contributed by atoms with van der Waals surface area (Å²) < 4.78 is 37.7. The molecule has 0 bridgehead atoms. The van der Waals surface area contributed by atoms with Gasteiger partial charge in [-0.3, -0.25) is 4.79 Å². The van der Waals surface area contributed by atoms with Gasteiger partial charge in [-0.25, -0.2) is 12.7 Å². The number of sulfonamides is 1. The second-order valence-corrected chi connectivity index (χ2v) is 9.48. The number of rotatable bonds is 7. The highest BCUT2D eigenvalue weighted by molar-refractivity contribution is 7.88. The smallest absolute Gasteiger partial charge is 0.228 e. The molecule has 1 saturated heterocycles. The van der Waals surface area contributed by atoms with Gasteiger partial charge in [0.15, 0.2) is 0 Å². The molecular weight excluding hydrogens is 428 g/mol. The van der Waals surface area contributed by atoms with Gasteiger partial charge in [0.25, 0.3) is 0 Å². The molecule has 1 fully saturated rings. The fourth-order valence-corrected chi connectivity index (χ4v) is 5.38. The van der Waals surface area contributed by atoms with Gasteiger partial charge in [-0.1, -0.05) is 29.8 Å². The van der Waals surface area contributed by atoms with Gasteiger partial charge in [0.1, 0.15) is 11.5 Å². The molecule has 1 N–H and O–H groups in total. The molecule has 1 aliphatic heterocycles. The lowest BCUT2D eigenvalue weighted by Crippen LogP contribution is -2.44.